The van der Waals surface area contributed by atoms with E-state index in [-0.39, 0.29) is 0 Å². The topological polar surface area (TPSA) is 186 Å². The van der Waals surface area contributed by atoms with Gasteiger partial charge >= 0.3 is 23.9 Å². The number of hydrogen-bond acceptors (Lipinski definition) is 12. The van der Waals surface area contributed by atoms with E-state index in [0.717, 1.165) is 0 Å². The minimum atomic E-state index is -1.57. The van der Waals surface area contributed by atoms with Crippen molar-refractivity contribution in [1.29, 1.82) is 0 Å². The van der Waals surface area contributed by atoms with Crippen LogP contribution in [0.3, 0.4) is 0 Å². The molecule has 0 unspecified atom stereocenters. The Balaban J connectivity index is 3.70. The molecule has 12 nitrogen and oxygen atoms in total. The molecule has 0 fully saturated rings. The van der Waals surface area contributed by atoms with Crippen molar-refractivity contribution in [1.82, 2.24) is 0 Å². The van der Waals surface area contributed by atoms with E-state index in [1.807, 2.05) is 0 Å². The maximum atomic E-state index is 11.3. The lowest BCUT2D eigenvalue weighted by Crippen LogP contribution is -2.19. The lowest BCUT2D eigenvalue weighted by Gasteiger charge is -2.09. The lowest BCUT2D eigenvalue weighted by atomic mass is 9.98. The molecule has 0 spiro atoms. The van der Waals surface area contributed by atoms with Crippen LogP contribution in [0.5, 0.6) is 0 Å². The van der Waals surface area contributed by atoms with Gasteiger partial charge in [-0.2, -0.15) is 21.0 Å². The summed E-state index contributed by atoms with van der Waals surface area (Å²) >= 11 is 0. The van der Waals surface area contributed by atoms with Crippen molar-refractivity contribution in [2.24, 2.45) is 0 Å². The van der Waals surface area contributed by atoms with Crippen LogP contribution in [0.15, 0.2) is 12.1 Å². The maximum Gasteiger partial charge on any atom is 0.373 e. The fraction of sp³-hybridized carbons (Fsp3) is 0. The fourth-order valence-electron chi connectivity index (χ4n) is 1.47. The summed E-state index contributed by atoms with van der Waals surface area (Å²) in [5.41, 5.74) is -3.35. The first kappa shape index (κ1) is 17.0. The molecule has 0 heterocycles. The molecule has 1 aromatic rings. The first-order valence-electron chi connectivity index (χ1n) is 5.02. The zero-order valence-corrected chi connectivity index (χ0v) is 10.2. The molecule has 12 heteroatoms. The van der Waals surface area contributed by atoms with Crippen LogP contribution < -0.4 is 0 Å². The molecule has 1 rings (SSSR count). The highest BCUT2D eigenvalue weighted by Crippen LogP contribution is 2.21. The highest BCUT2D eigenvalue weighted by Gasteiger charge is 2.29. The summed E-state index contributed by atoms with van der Waals surface area (Å²) in [5, 5.41) is 33.3. The van der Waals surface area contributed by atoms with E-state index in [1.165, 1.54) is 0 Å². The zero-order chi connectivity index (χ0) is 16.9. The van der Waals surface area contributed by atoms with Crippen LogP contribution in [0.25, 0.3) is 0 Å². The van der Waals surface area contributed by atoms with Gasteiger partial charge in [0, 0.05) is 0 Å². The van der Waals surface area contributed by atoms with E-state index < -0.39 is 46.1 Å². The summed E-state index contributed by atoms with van der Waals surface area (Å²) in [7, 11) is 0. The van der Waals surface area contributed by atoms with Gasteiger partial charge in [0.25, 0.3) is 0 Å². The Morgan fingerprint density at radius 2 is 0.727 bits per heavy atom. The Morgan fingerprint density at radius 1 is 0.545 bits per heavy atom. The summed E-state index contributed by atoms with van der Waals surface area (Å²) in [6.07, 6.45) is 0. The van der Waals surface area contributed by atoms with Crippen molar-refractivity contribution in [3.05, 3.63) is 34.4 Å². The Hall–Kier alpha value is -3.06. The van der Waals surface area contributed by atoms with Gasteiger partial charge in [0.1, 0.15) is 0 Å². The van der Waals surface area contributed by atoms with Gasteiger partial charge in [-0.25, -0.2) is 19.2 Å². The number of benzene rings is 1. The Morgan fingerprint density at radius 3 is 0.864 bits per heavy atom. The third-order valence-electron chi connectivity index (χ3n) is 2.37. The van der Waals surface area contributed by atoms with Crippen LogP contribution in [-0.4, -0.2) is 44.9 Å². The quantitative estimate of drug-likeness (QED) is 0.336. The van der Waals surface area contributed by atoms with Gasteiger partial charge in [-0.1, -0.05) is 0 Å². The average molecular weight is 318 g/mol. The third kappa shape index (κ3) is 3.15. The van der Waals surface area contributed by atoms with Gasteiger partial charge in [0.2, 0.25) is 0 Å². The Bertz CT molecular complexity index is 527. The standard InChI is InChI=1S/C10H6O12/c11-7(19-15)3-1-4(8(12)20-16)6(10(14)22-18)2-5(3)9(13)21-17/h1-2,15-18H. The molecule has 0 bridgehead atoms. The minimum Gasteiger partial charge on any atom is -0.295 e. The second kappa shape index (κ2) is 7.09. The highest BCUT2D eigenvalue weighted by atomic mass is 17.1. The SMILES string of the molecule is O=C(OO)c1cc(C(=O)OO)c(C(=O)OO)cc1C(=O)OO. The predicted molar refractivity (Wildman–Crippen MR) is 58.6 cm³/mol. The normalized spacial score (nSPS) is 9.64. The van der Waals surface area contributed by atoms with Crippen molar-refractivity contribution in [2.45, 2.75) is 0 Å². The summed E-state index contributed by atoms with van der Waals surface area (Å²) in [6.45, 7) is 0. The van der Waals surface area contributed by atoms with Gasteiger partial charge < -0.3 is 0 Å². The molecule has 0 atom stereocenters. The lowest BCUT2D eigenvalue weighted by molar-refractivity contribution is -0.186. The van der Waals surface area contributed by atoms with Crippen LogP contribution in [0.1, 0.15) is 41.4 Å². The predicted octanol–water partition coefficient (Wildman–Crippen LogP) is 0.206. The maximum absolute atomic E-state index is 11.3. The van der Waals surface area contributed by atoms with Crippen LogP contribution in [0.4, 0.5) is 0 Å². The summed E-state index contributed by atoms with van der Waals surface area (Å²) in [6, 6.07) is 0.964. The molecule has 0 radical (unpaired) electrons. The van der Waals surface area contributed by atoms with Crippen LogP contribution >= 0.6 is 0 Å². The first-order valence-corrected chi connectivity index (χ1v) is 5.02. The molecule has 0 aliphatic rings. The number of rotatable bonds is 4. The number of hydrogen-bond donors (Lipinski definition) is 4. The highest BCUT2D eigenvalue weighted by molar-refractivity contribution is 6.10. The first-order chi connectivity index (χ1) is 10.4. The molecule has 22 heavy (non-hydrogen) atoms. The van der Waals surface area contributed by atoms with Crippen LogP contribution in [-0.2, 0) is 19.6 Å². The Labute approximate surface area is 119 Å². The zero-order valence-electron chi connectivity index (χ0n) is 10.2. The third-order valence-corrected chi connectivity index (χ3v) is 2.37. The minimum absolute atomic E-state index is 0.482. The number of carbonyl (C=O) groups excluding carboxylic acids is 4. The average Bonchev–Trinajstić information content (AvgIpc) is 2.57. The molecule has 0 amide bonds. The summed E-state index contributed by atoms with van der Waals surface area (Å²) < 4.78 is 0. The van der Waals surface area contributed by atoms with E-state index >= 15 is 0 Å². The number of carbonyl (C=O) groups is 4. The monoisotopic (exact) mass is 318 g/mol. The molecule has 118 valence electrons. The molecule has 0 saturated carbocycles. The van der Waals surface area contributed by atoms with E-state index in [0.29, 0.717) is 12.1 Å². The van der Waals surface area contributed by atoms with E-state index in [4.69, 9.17) is 21.0 Å². The van der Waals surface area contributed by atoms with Gasteiger partial charge in [-0.3, -0.25) is 19.6 Å². The molecule has 1 aromatic carbocycles. The van der Waals surface area contributed by atoms with Crippen molar-refractivity contribution < 1.29 is 59.8 Å². The van der Waals surface area contributed by atoms with E-state index in [1.54, 1.807) is 0 Å². The largest absolute Gasteiger partial charge is 0.373 e. The van der Waals surface area contributed by atoms with Gasteiger partial charge in [0.15, 0.2) is 0 Å². The van der Waals surface area contributed by atoms with Crippen molar-refractivity contribution >= 4 is 23.9 Å². The molecule has 0 aliphatic heterocycles. The molecular formula is C10H6O12. The second-order valence-corrected chi connectivity index (χ2v) is 3.46. The van der Waals surface area contributed by atoms with Crippen LogP contribution in [0.2, 0.25) is 0 Å². The fourth-order valence-corrected chi connectivity index (χ4v) is 1.47. The van der Waals surface area contributed by atoms with Crippen LogP contribution in [0, 0.1) is 0 Å². The molecule has 0 aromatic heterocycles. The van der Waals surface area contributed by atoms with Crippen molar-refractivity contribution in [3.63, 3.8) is 0 Å². The summed E-state index contributed by atoms with van der Waals surface area (Å²) in [5.74, 6) is -6.29. The van der Waals surface area contributed by atoms with Crippen molar-refractivity contribution in [3.8, 4) is 0 Å². The van der Waals surface area contributed by atoms with E-state index in [2.05, 4.69) is 19.6 Å². The van der Waals surface area contributed by atoms with Crippen molar-refractivity contribution in [2.75, 3.05) is 0 Å². The summed E-state index contributed by atoms with van der Waals surface area (Å²) in [4.78, 5) is 58.7. The molecule has 0 saturated heterocycles. The molecular weight excluding hydrogens is 312 g/mol. The second-order valence-electron chi connectivity index (χ2n) is 3.46. The molecule has 4 N–H and O–H groups in total. The van der Waals surface area contributed by atoms with Gasteiger partial charge in [0.05, 0.1) is 22.3 Å². The van der Waals surface area contributed by atoms with Gasteiger partial charge in [-0.05, 0) is 12.1 Å². The van der Waals surface area contributed by atoms with E-state index in [9.17, 15) is 19.2 Å². The van der Waals surface area contributed by atoms with Gasteiger partial charge in [-0.15, -0.1) is 0 Å². The molecule has 0 aliphatic carbocycles. The smallest absolute Gasteiger partial charge is 0.295 e. The Kier molecular flexibility index (Phi) is 5.48.